The number of aromatic nitrogens is 2. The molecule has 0 N–H and O–H groups in total. The molecule has 3 aromatic rings. The van der Waals surface area contributed by atoms with Gasteiger partial charge in [-0.05, 0) is 24.3 Å². The summed E-state index contributed by atoms with van der Waals surface area (Å²) in [5.41, 5.74) is 0.673. The van der Waals surface area contributed by atoms with Crippen LogP contribution in [0.2, 0.25) is 0 Å². The summed E-state index contributed by atoms with van der Waals surface area (Å²) in [6.07, 6.45) is -4.80. The van der Waals surface area contributed by atoms with E-state index in [1.54, 1.807) is 35.2 Å². The predicted octanol–water partition coefficient (Wildman–Crippen LogP) is 4.09. The second-order valence-electron chi connectivity index (χ2n) is 7.26. The number of amides is 2. The van der Waals surface area contributed by atoms with Gasteiger partial charge in [0.2, 0.25) is 5.89 Å². The molecule has 2 heterocycles. The van der Waals surface area contributed by atoms with Crippen molar-refractivity contribution in [3.05, 3.63) is 65.8 Å². The molecule has 0 spiro atoms. The first kappa shape index (κ1) is 22.9. The Hall–Kier alpha value is -3.28. The fraction of sp³-hybridized carbons (Fsp3) is 0.286. The lowest BCUT2D eigenvalue weighted by atomic mass is 10.1. The van der Waals surface area contributed by atoms with Gasteiger partial charge in [-0.1, -0.05) is 24.3 Å². The van der Waals surface area contributed by atoms with Crippen LogP contribution in [0, 0.1) is 5.82 Å². The second-order valence-corrected chi connectivity index (χ2v) is 8.95. The molecule has 2 amide bonds. The van der Waals surface area contributed by atoms with E-state index in [0.29, 0.717) is 30.3 Å². The van der Waals surface area contributed by atoms with Crippen LogP contribution in [-0.4, -0.2) is 49.9 Å². The Morgan fingerprint density at radius 2 is 1.79 bits per heavy atom. The minimum absolute atomic E-state index is 0.0182. The summed E-state index contributed by atoms with van der Waals surface area (Å²) in [5, 5.41) is 6.27. The fourth-order valence-corrected chi connectivity index (χ4v) is 4.36. The number of para-hydroxylation sites is 1. The Morgan fingerprint density at radius 3 is 2.39 bits per heavy atom. The number of hydrogen-bond donors (Lipinski definition) is 0. The van der Waals surface area contributed by atoms with E-state index in [1.165, 1.54) is 17.0 Å². The molecule has 0 atom stereocenters. The van der Waals surface area contributed by atoms with Crippen molar-refractivity contribution in [3.63, 3.8) is 0 Å². The van der Waals surface area contributed by atoms with Crippen LogP contribution in [0.1, 0.15) is 11.5 Å². The molecule has 0 unspecified atom stereocenters. The average molecular weight is 482 g/mol. The quantitative estimate of drug-likeness (QED) is 0.524. The standard InChI is InChI=1S/C21H18F4N4O3S/c22-17-12-14(18-26-27-19(32-18)21(23,24)25)6-7-15(17)13-29(16-4-2-1-3-5-16)20(30)28-8-10-33(31)11-9-28/h1-7,12H,8-11,13H2. The number of nitrogens with zero attached hydrogens (tertiary/aromatic N) is 4. The Bertz CT molecular complexity index is 1160. The van der Waals surface area contributed by atoms with Crippen molar-refractivity contribution in [1.82, 2.24) is 15.1 Å². The predicted molar refractivity (Wildman–Crippen MR) is 112 cm³/mol. The lowest BCUT2D eigenvalue weighted by molar-refractivity contribution is -0.156. The van der Waals surface area contributed by atoms with Gasteiger partial charge in [0.25, 0.3) is 0 Å². The third-order valence-corrected chi connectivity index (χ3v) is 6.32. The highest BCUT2D eigenvalue weighted by Crippen LogP contribution is 2.31. The molecule has 7 nitrogen and oxygen atoms in total. The molecular formula is C21H18F4N4O3S. The average Bonchev–Trinajstić information content (AvgIpc) is 3.30. The number of urea groups is 1. The molecule has 1 saturated heterocycles. The lowest BCUT2D eigenvalue weighted by Crippen LogP contribution is -2.48. The molecule has 0 bridgehead atoms. The highest BCUT2D eigenvalue weighted by molar-refractivity contribution is 7.85. The summed E-state index contributed by atoms with van der Waals surface area (Å²) in [7, 11) is -0.964. The number of carbonyl (C=O) groups excluding carboxylic acids is 1. The summed E-state index contributed by atoms with van der Waals surface area (Å²) in [6, 6.07) is 12.0. The van der Waals surface area contributed by atoms with Crippen LogP contribution in [0.15, 0.2) is 52.9 Å². The molecule has 0 saturated carbocycles. The maximum atomic E-state index is 14.9. The zero-order valence-electron chi connectivity index (χ0n) is 17.1. The van der Waals surface area contributed by atoms with Gasteiger partial charge in [0.15, 0.2) is 0 Å². The van der Waals surface area contributed by atoms with Gasteiger partial charge in [-0.3, -0.25) is 9.11 Å². The minimum Gasteiger partial charge on any atom is -0.413 e. The Kier molecular flexibility index (Phi) is 6.45. The van der Waals surface area contributed by atoms with Crippen LogP contribution in [0.25, 0.3) is 11.5 Å². The van der Waals surface area contributed by atoms with Crippen molar-refractivity contribution in [2.45, 2.75) is 12.7 Å². The molecular weight excluding hydrogens is 464 g/mol. The van der Waals surface area contributed by atoms with Gasteiger partial charge in [0.1, 0.15) is 5.82 Å². The first-order chi connectivity index (χ1) is 15.7. The third kappa shape index (κ3) is 5.21. The number of hydrogen-bond acceptors (Lipinski definition) is 5. The highest BCUT2D eigenvalue weighted by atomic mass is 32.2. The van der Waals surface area contributed by atoms with E-state index in [4.69, 9.17) is 0 Å². The van der Waals surface area contributed by atoms with Crippen molar-refractivity contribution < 1.29 is 31.0 Å². The SMILES string of the molecule is O=C(N1CCS(=O)CC1)N(Cc1ccc(-c2nnc(C(F)(F)F)o2)cc1F)c1ccccc1. The van der Waals surface area contributed by atoms with E-state index in [0.717, 1.165) is 6.07 Å². The maximum absolute atomic E-state index is 14.9. The van der Waals surface area contributed by atoms with Gasteiger partial charge in [-0.15, -0.1) is 10.2 Å². The van der Waals surface area contributed by atoms with Crippen molar-refractivity contribution in [2.24, 2.45) is 0 Å². The van der Waals surface area contributed by atoms with Crippen molar-refractivity contribution in [3.8, 4) is 11.5 Å². The zero-order valence-corrected chi connectivity index (χ0v) is 17.9. The van der Waals surface area contributed by atoms with Gasteiger partial charge in [-0.2, -0.15) is 13.2 Å². The normalized spacial score (nSPS) is 15.0. The number of anilines is 1. The Morgan fingerprint density at radius 1 is 1.09 bits per heavy atom. The molecule has 33 heavy (non-hydrogen) atoms. The summed E-state index contributed by atoms with van der Waals surface area (Å²) in [5.74, 6) is -1.98. The summed E-state index contributed by atoms with van der Waals surface area (Å²) >= 11 is 0. The van der Waals surface area contributed by atoms with Crippen LogP contribution in [0.3, 0.4) is 0 Å². The molecule has 0 radical (unpaired) electrons. The summed E-state index contributed by atoms with van der Waals surface area (Å²) in [4.78, 5) is 16.2. The van der Waals surface area contributed by atoms with Gasteiger partial charge in [-0.25, -0.2) is 9.18 Å². The zero-order chi connectivity index (χ0) is 23.6. The summed E-state index contributed by atoms with van der Waals surface area (Å²) in [6.45, 7) is 0.538. The Labute approximate surface area is 188 Å². The largest absolute Gasteiger partial charge is 0.470 e. The second kappa shape index (κ2) is 9.30. The van der Waals surface area contributed by atoms with Crippen LogP contribution >= 0.6 is 0 Å². The molecule has 1 aliphatic heterocycles. The van der Waals surface area contributed by atoms with E-state index in [2.05, 4.69) is 14.6 Å². The molecule has 1 aromatic heterocycles. The van der Waals surface area contributed by atoms with Gasteiger partial charge < -0.3 is 9.32 Å². The van der Waals surface area contributed by atoms with Crippen molar-refractivity contribution in [2.75, 3.05) is 29.5 Å². The van der Waals surface area contributed by atoms with Crippen LogP contribution in [0.5, 0.6) is 0 Å². The number of rotatable bonds is 4. The smallest absolute Gasteiger partial charge is 0.413 e. The molecule has 4 rings (SSSR count). The fourth-order valence-electron chi connectivity index (χ4n) is 3.31. The topological polar surface area (TPSA) is 79.5 Å². The molecule has 2 aromatic carbocycles. The van der Waals surface area contributed by atoms with E-state index in [9.17, 15) is 26.6 Å². The molecule has 0 aliphatic carbocycles. The van der Waals surface area contributed by atoms with E-state index >= 15 is 0 Å². The molecule has 174 valence electrons. The van der Waals surface area contributed by atoms with Crippen molar-refractivity contribution in [1.29, 1.82) is 0 Å². The third-order valence-electron chi connectivity index (χ3n) is 5.04. The first-order valence-corrected chi connectivity index (χ1v) is 11.4. The van der Waals surface area contributed by atoms with Gasteiger partial charge in [0, 0.05) is 52.2 Å². The lowest BCUT2D eigenvalue weighted by Gasteiger charge is -2.33. The molecule has 1 aliphatic rings. The first-order valence-electron chi connectivity index (χ1n) is 9.88. The highest BCUT2D eigenvalue weighted by Gasteiger charge is 2.38. The minimum atomic E-state index is -4.80. The number of carbonyl (C=O) groups is 1. The number of halogens is 4. The van der Waals surface area contributed by atoms with Gasteiger partial charge >= 0.3 is 18.1 Å². The van der Waals surface area contributed by atoms with Gasteiger partial charge in [0.05, 0.1) is 6.54 Å². The Balaban J connectivity index is 1.59. The van der Waals surface area contributed by atoms with E-state index in [-0.39, 0.29) is 23.7 Å². The monoisotopic (exact) mass is 482 g/mol. The maximum Gasteiger partial charge on any atom is 0.470 e. The van der Waals surface area contributed by atoms with Crippen LogP contribution in [0.4, 0.5) is 28.0 Å². The number of alkyl halides is 3. The van der Waals surface area contributed by atoms with Crippen LogP contribution in [-0.2, 0) is 23.5 Å². The van der Waals surface area contributed by atoms with Crippen LogP contribution < -0.4 is 4.90 Å². The number of benzene rings is 2. The van der Waals surface area contributed by atoms with E-state index in [1.807, 2.05) is 0 Å². The van der Waals surface area contributed by atoms with Crippen molar-refractivity contribution >= 4 is 22.5 Å². The molecule has 1 fully saturated rings. The van der Waals surface area contributed by atoms with E-state index < -0.39 is 34.6 Å². The molecule has 12 heteroatoms. The summed E-state index contributed by atoms with van der Waals surface area (Å²) < 4.78 is 69.2.